The lowest BCUT2D eigenvalue weighted by Gasteiger charge is -2.06. The molecule has 0 aliphatic carbocycles. The van der Waals surface area contributed by atoms with Crippen LogP contribution in [0.3, 0.4) is 0 Å². The van der Waals surface area contributed by atoms with Gasteiger partial charge in [-0.3, -0.25) is 4.79 Å². The first-order valence-electron chi connectivity index (χ1n) is 6.12. The minimum Gasteiger partial charge on any atom is -0.494 e. The summed E-state index contributed by atoms with van der Waals surface area (Å²) < 4.78 is 10.3. The van der Waals surface area contributed by atoms with E-state index < -0.39 is 0 Å². The first-order chi connectivity index (χ1) is 9.26. The van der Waals surface area contributed by atoms with Gasteiger partial charge in [0.05, 0.1) is 30.6 Å². The van der Waals surface area contributed by atoms with E-state index in [4.69, 9.17) is 14.7 Å². The third kappa shape index (κ3) is 6.73. The Labute approximate surface area is 117 Å². The fourth-order valence-corrected chi connectivity index (χ4v) is 2.05. The van der Waals surface area contributed by atoms with Gasteiger partial charge < -0.3 is 9.47 Å². The Bertz CT molecular complexity index is 425. The zero-order valence-corrected chi connectivity index (χ0v) is 11.7. The molecule has 0 saturated carbocycles. The second-order valence-corrected chi connectivity index (χ2v) is 4.80. The lowest BCUT2D eigenvalue weighted by molar-refractivity contribution is -0.139. The van der Waals surface area contributed by atoms with E-state index in [1.54, 1.807) is 43.0 Å². The summed E-state index contributed by atoms with van der Waals surface area (Å²) in [7, 11) is 0. The van der Waals surface area contributed by atoms with Gasteiger partial charge in [0, 0.05) is 0 Å². The Morgan fingerprint density at radius 3 is 2.74 bits per heavy atom. The molecular formula is C14H17NO3S. The molecule has 5 heteroatoms. The van der Waals surface area contributed by atoms with Crippen molar-refractivity contribution in [3.8, 4) is 11.8 Å². The summed E-state index contributed by atoms with van der Waals surface area (Å²) >= 11 is 1.54. The molecule has 0 amide bonds. The van der Waals surface area contributed by atoms with Crippen molar-refractivity contribution in [3.63, 3.8) is 0 Å². The normalized spacial score (nSPS) is 9.68. The maximum Gasteiger partial charge on any atom is 0.315 e. The molecule has 19 heavy (non-hydrogen) atoms. The Morgan fingerprint density at radius 2 is 2.11 bits per heavy atom. The van der Waals surface area contributed by atoms with Crippen molar-refractivity contribution in [1.29, 1.82) is 5.26 Å². The number of esters is 1. The first kappa shape index (κ1) is 15.4. The molecule has 0 aliphatic rings. The minimum absolute atomic E-state index is 0.166. The van der Waals surface area contributed by atoms with E-state index >= 15 is 0 Å². The molecule has 4 nitrogen and oxygen atoms in total. The summed E-state index contributed by atoms with van der Waals surface area (Å²) in [4.78, 5) is 11.1. The first-order valence-corrected chi connectivity index (χ1v) is 7.28. The molecule has 0 N–H and O–H groups in total. The molecular weight excluding hydrogens is 262 g/mol. The van der Waals surface area contributed by atoms with Crippen LogP contribution in [0.1, 0.15) is 18.9 Å². The zero-order chi connectivity index (χ0) is 13.9. The van der Waals surface area contributed by atoms with E-state index in [-0.39, 0.29) is 5.97 Å². The predicted molar refractivity (Wildman–Crippen MR) is 75.2 cm³/mol. The predicted octanol–water partition coefficient (Wildman–Crippen LogP) is 2.62. The second-order valence-electron chi connectivity index (χ2n) is 3.70. The maximum absolute atomic E-state index is 11.1. The summed E-state index contributed by atoms with van der Waals surface area (Å²) in [6.45, 7) is 2.83. The van der Waals surface area contributed by atoms with Gasteiger partial charge in [0.2, 0.25) is 0 Å². The molecule has 0 saturated heterocycles. The summed E-state index contributed by atoms with van der Waals surface area (Å²) in [6.07, 6.45) is 0.865. The van der Waals surface area contributed by atoms with Crippen LogP contribution in [0.15, 0.2) is 24.3 Å². The molecule has 1 rings (SSSR count). The molecule has 1 aromatic rings. The molecule has 102 valence electrons. The molecule has 0 radical (unpaired) electrons. The van der Waals surface area contributed by atoms with E-state index in [1.807, 2.05) is 0 Å². The molecule has 0 aliphatic heterocycles. The number of hydrogen-bond donors (Lipinski definition) is 0. The standard InChI is InChI=1S/C14H17NO3S/c1-2-17-14(16)11-19-9-3-8-18-13-6-4-12(10-15)5-7-13/h4-7H,2-3,8-9,11H2,1H3. The molecule has 0 spiro atoms. The van der Waals surface area contributed by atoms with Gasteiger partial charge in [-0.25, -0.2) is 0 Å². The number of ether oxygens (including phenoxy) is 2. The topological polar surface area (TPSA) is 59.3 Å². The largest absolute Gasteiger partial charge is 0.494 e. The van der Waals surface area contributed by atoms with Crippen molar-refractivity contribution in [2.24, 2.45) is 0 Å². The van der Waals surface area contributed by atoms with Crippen LogP contribution in [-0.4, -0.2) is 30.7 Å². The molecule has 0 aromatic heterocycles. The number of nitrogens with zero attached hydrogens (tertiary/aromatic N) is 1. The Morgan fingerprint density at radius 1 is 1.37 bits per heavy atom. The van der Waals surface area contributed by atoms with Crippen LogP contribution < -0.4 is 4.74 Å². The van der Waals surface area contributed by atoms with E-state index in [1.165, 1.54) is 0 Å². The molecule has 0 bridgehead atoms. The van der Waals surface area contributed by atoms with Crippen molar-refractivity contribution in [3.05, 3.63) is 29.8 Å². The third-order valence-electron chi connectivity index (χ3n) is 2.21. The van der Waals surface area contributed by atoms with Crippen LogP contribution in [-0.2, 0) is 9.53 Å². The number of carbonyl (C=O) groups is 1. The highest BCUT2D eigenvalue weighted by Crippen LogP contribution is 2.12. The number of thioether (sulfide) groups is 1. The van der Waals surface area contributed by atoms with Crippen LogP contribution in [0.25, 0.3) is 0 Å². The number of rotatable bonds is 8. The van der Waals surface area contributed by atoms with E-state index in [2.05, 4.69) is 6.07 Å². The van der Waals surface area contributed by atoms with Crippen molar-refractivity contribution < 1.29 is 14.3 Å². The van der Waals surface area contributed by atoms with Crippen LogP contribution in [0.2, 0.25) is 0 Å². The summed E-state index contributed by atoms with van der Waals surface area (Å²) in [5.74, 6) is 1.84. The second kappa shape index (κ2) is 9.29. The fourth-order valence-electron chi connectivity index (χ4n) is 1.33. The average Bonchev–Trinajstić information content (AvgIpc) is 2.43. The highest BCUT2D eigenvalue weighted by molar-refractivity contribution is 7.99. The molecule has 0 atom stereocenters. The average molecular weight is 279 g/mol. The van der Waals surface area contributed by atoms with Crippen LogP contribution in [0.5, 0.6) is 5.75 Å². The van der Waals surface area contributed by atoms with Crippen molar-refractivity contribution in [2.45, 2.75) is 13.3 Å². The van der Waals surface area contributed by atoms with Gasteiger partial charge in [0.15, 0.2) is 0 Å². The summed E-state index contributed by atoms with van der Waals surface area (Å²) in [5.41, 5.74) is 0.623. The van der Waals surface area contributed by atoms with Crippen LogP contribution in [0.4, 0.5) is 0 Å². The highest BCUT2D eigenvalue weighted by atomic mass is 32.2. The van der Waals surface area contributed by atoms with E-state index in [9.17, 15) is 4.79 Å². The minimum atomic E-state index is -0.166. The highest BCUT2D eigenvalue weighted by Gasteiger charge is 2.01. The van der Waals surface area contributed by atoms with Crippen molar-refractivity contribution in [1.82, 2.24) is 0 Å². The van der Waals surface area contributed by atoms with Crippen LogP contribution in [0, 0.1) is 11.3 Å². The molecule has 1 aromatic carbocycles. The fraction of sp³-hybridized carbons (Fsp3) is 0.429. The van der Waals surface area contributed by atoms with Gasteiger partial charge >= 0.3 is 5.97 Å². The van der Waals surface area contributed by atoms with Gasteiger partial charge in [0.1, 0.15) is 5.75 Å². The number of hydrogen-bond acceptors (Lipinski definition) is 5. The molecule has 0 fully saturated rings. The SMILES string of the molecule is CCOC(=O)CSCCCOc1ccc(C#N)cc1. The lowest BCUT2D eigenvalue weighted by Crippen LogP contribution is -2.07. The van der Waals surface area contributed by atoms with Crippen molar-refractivity contribution >= 4 is 17.7 Å². The monoisotopic (exact) mass is 279 g/mol. The number of benzene rings is 1. The Kier molecular flexibility index (Phi) is 7.52. The van der Waals surface area contributed by atoms with E-state index in [0.717, 1.165) is 17.9 Å². The van der Waals surface area contributed by atoms with Gasteiger partial charge in [-0.15, -0.1) is 0 Å². The van der Waals surface area contributed by atoms with Gasteiger partial charge in [-0.1, -0.05) is 0 Å². The van der Waals surface area contributed by atoms with Gasteiger partial charge in [-0.2, -0.15) is 17.0 Å². The zero-order valence-electron chi connectivity index (χ0n) is 10.9. The maximum atomic E-state index is 11.1. The quantitative estimate of drug-likeness (QED) is 0.541. The third-order valence-corrected chi connectivity index (χ3v) is 3.23. The van der Waals surface area contributed by atoms with E-state index in [0.29, 0.717) is 24.5 Å². The Hall–Kier alpha value is -1.67. The Balaban J connectivity index is 2.07. The lowest BCUT2D eigenvalue weighted by atomic mass is 10.2. The number of carbonyl (C=O) groups excluding carboxylic acids is 1. The molecule has 0 heterocycles. The van der Waals surface area contributed by atoms with Crippen LogP contribution >= 0.6 is 11.8 Å². The smallest absolute Gasteiger partial charge is 0.315 e. The van der Waals surface area contributed by atoms with Crippen molar-refractivity contribution in [2.75, 3.05) is 24.7 Å². The van der Waals surface area contributed by atoms with Gasteiger partial charge in [-0.05, 0) is 43.4 Å². The number of nitriles is 1. The van der Waals surface area contributed by atoms with Gasteiger partial charge in [0.25, 0.3) is 0 Å². The summed E-state index contributed by atoms with van der Waals surface area (Å²) in [6, 6.07) is 9.07. The molecule has 0 unspecified atom stereocenters. The summed E-state index contributed by atoms with van der Waals surface area (Å²) in [5, 5.41) is 8.65.